The average molecular weight is 263 g/mol. The Morgan fingerprint density at radius 2 is 2.32 bits per heavy atom. The Hall–Kier alpha value is -1.13. The number of hydrogen-bond donors (Lipinski definition) is 1. The Morgan fingerprint density at radius 1 is 1.47 bits per heavy atom. The maximum atomic E-state index is 5.71. The third-order valence-corrected chi connectivity index (χ3v) is 3.44. The van der Waals surface area contributed by atoms with E-state index in [1.54, 1.807) is 0 Å². The van der Waals surface area contributed by atoms with Gasteiger partial charge in [0.05, 0.1) is 6.10 Å². The van der Waals surface area contributed by atoms with Crippen molar-refractivity contribution in [2.24, 2.45) is 0 Å². The van der Waals surface area contributed by atoms with Crippen LogP contribution in [0.15, 0.2) is 12.1 Å². The molecule has 1 N–H and O–H groups in total. The molecule has 1 aromatic heterocycles. The van der Waals surface area contributed by atoms with Crippen LogP contribution in [0.25, 0.3) is 0 Å². The average Bonchev–Trinajstić information content (AvgIpc) is 2.63. The van der Waals surface area contributed by atoms with Crippen LogP contribution in [0.5, 0.6) is 0 Å². The monoisotopic (exact) mass is 263 g/mol. The van der Waals surface area contributed by atoms with Gasteiger partial charge in [-0.05, 0) is 44.5 Å². The molecular formula is C15H25N3O. The van der Waals surface area contributed by atoms with Crippen molar-refractivity contribution in [2.75, 3.05) is 31.6 Å². The van der Waals surface area contributed by atoms with E-state index in [1.807, 2.05) is 7.05 Å². The highest BCUT2D eigenvalue weighted by Crippen LogP contribution is 2.18. The second kappa shape index (κ2) is 6.87. The number of rotatable bonds is 4. The van der Waals surface area contributed by atoms with Crippen LogP contribution in [-0.4, -0.2) is 37.8 Å². The molecule has 1 atom stereocenters. The molecular weight excluding hydrogens is 238 g/mol. The topological polar surface area (TPSA) is 37.4 Å². The van der Waals surface area contributed by atoms with E-state index in [1.165, 1.54) is 11.3 Å². The SMILES string of the molecule is CCc1cc(CNC)cc(N2CCCOC(C)C2)n1. The van der Waals surface area contributed by atoms with Crippen LogP contribution in [0.3, 0.4) is 0 Å². The van der Waals surface area contributed by atoms with E-state index in [4.69, 9.17) is 9.72 Å². The molecule has 1 unspecified atom stereocenters. The zero-order valence-electron chi connectivity index (χ0n) is 12.3. The van der Waals surface area contributed by atoms with Gasteiger partial charge in [0.25, 0.3) is 0 Å². The normalized spacial score (nSPS) is 20.4. The minimum atomic E-state index is 0.280. The first-order chi connectivity index (χ1) is 9.22. The molecule has 4 heteroatoms. The Labute approximate surface area is 116 Å². The molecule has 2 heterocycles. The minimum absolute atomic E-state index is 0.280. The van der Waals surface area contributed by atoms with Gasteiger partial charge in [-0.25, -0.2) is 4.98 Å². The summed E-state index contributed by atoms with van der Waals surface area (Å²) in [5.41, 5.74) is 2.47. The van der Waals surface area contributed by atoms with E-state index in [0.29, 0.717) is 0 Å². The van der Waals surface area contributed by atoms with E-state index < -0.39 is 0 Å². The molecule has 2 rings (SSSR count). The van der Waals surface area contributed by atoms with Gasteiger partial charge in [-0.15, -0.1) is 0 Å². The number of ether oxygens (including phenoxy) is 1. The van der Waals surface area contributed by atoms with Gasteiger partial charge in [-0.2, -0.15) is 0 Å². The first-order valence-electron chi connectivity index (χ1n) is 7.24. The van der Waals surface area contributed by atoms with Crippen LogP contribution < -0.4 is 10.2 Å². The van der Waals surface area contributed by atoms with Crippen molar-refractivity contribution in [3.63, 3.8) is 0 Å². The lowest BCUT2D eigenvalue weighted by atomic mass is 10.2. The first kappa shape index (κ1) is 14.3. The van der Waals surface area contributed by atoms with Crippen molar-refractivity contribution in [3.8, 4) is 0 Å². The molecule has 0 amide bonds. The summed E-state index contributed by atoms with van der Waals surface area (Å²) < 4.78 is 5.71. The molecule has 4 nitrogen and oxygen atoms in total. The molecule has 1 aliphatic heterocycles. The highest BCUT2D eigenvalue weighted by atomic mass is 16.5. The summed E-state index contributed by atoms with van der Waals surface area (Å²) >= 11 is 0. The molecule has 1 fully saturated rings. The number of pyridine rings is 1. The van der Waals surface area contributed by atoms with Gasteiger partial charge < -0.3 is 15.0 Å². The Balaban J connectivity index is 2.23. The smallest absolute Gasteiger partial charge is 0.129 e. The largest absolute Gasteiger partial charge is 0.377 e. The summed E-state index contributed by atoms with van der Waals surface area (Å²) in [5, 5.41) is 3.22. The maximum Gasteiger partial charge on any atom is 0.129 e. The van der Waals surface area contributed by atoms with E-state index in [-0.39, 0.29) is 6.10 Å². The van der Waals surface area contributed by atoms with E-state index in [0.717, 1.165) is 44.9 Å². The van der Waals surface area contributed by atoms with Gasteiger partial charge in [-0.3, -0.25) is 0 Å². The van der Waals surface area contributed by atoms with Gasteiger partial charge in [0.15, 0.2) is 0 Å². The zero-order valence-corrected chi connectivity index (χ0v) is 12.3. The number of hydrogen-bond acceptors (Lipinski definition) is 4. The van der Waals surface area contributed by atoms with Crippen molar-refractivity contribution in [2.45, 2.75) is 39.3 Å². The van der Waals surface area contributed by atoms with Gasteiger partial charge in [0.1, 0.15) is 5.82 Å². The molecule has 0 spiro atoms. The van der Waals surface area contributed by atoms with Crippen molar-refractivity contribution >= 4 is 5.82 Å². The van der Waals surface area contributed by atoms with Crippen LogP contribution in [0, 0.1) is 0 Å². The second-order valence-corrected chi connectivity index (χ2v) is 5.19. The molecule has 0 radical (unpaired) electrons. The predicted molar refractivity (Wildman–Crippen MR) is 78.6 cm³/mol. The molecule has 0 bridgehead atoms. The fraction of sp³-hybridized carbons (Fsp3) is 0.667. The summed E-state index contributed by atoms with van der Waals surface area (Å²) in [7, 11) is 1.98. The lowest BCUT2D eigenvalue weighted by Crippen LogP contribution is -2.31. The Morgan fingerprint density at radius 3 is 3.05 bits per heavy atom. The Kier molecular flexibility index (Phi) is 5.16. The van der Waals surface area contributed by atoms with Gasteiger partial charge in [-0.1, -0.05) is 6.92 Å². The molecule has 0 saturated carbocycles. The summed E-state index contributed by atoms with van der Waals surface area (Å²) in [6, 6.07) is 4.39. The standard InChI is InChI=1S/C15H25N3O/c1-4-14-8-13(10-16-3)9-15(17-14)18-6-5-7-19-12(2)11-18/h8-9,12,16H,4-7,10-11H2,1-3H3. The summed E-state index contributed by atoms with van der Waals surface area (Å²) in [6.07, 6.45) is 2.33. The van der Waals surface area contributed by atoms with Crippen LogP contribution in [-0.2, 0) is 17.7 Å². The van der Waals surface area contributed by atoms with Gasteiger partial charge >= 0.3 is 0 Å². The molecule has 1 saturated heterocycles. The van der Waals surface area contributed by atoms with E-state index in [2.05, 4.69) is 36.2 Å². The van der Waals surface area contributed by atoms with Crippen LogP contribution in [0.2, 0.25) is 0 Å². The number of nitrogens with zero attached hydrogens (tertiary/aromatic N) is 2. The second-order valence-electron chi connectivity index (χ2n) is 5.19. The third kappa shape index (κ3) is 3.91. The third-order valence-electron chi connectivity index (χ3n) is 3.44. The van der Waals surface area contributed by atoms with Crippen molar-refractivity contribution in [3.05, 3.63) is 23.4 Å². The molecule has 1 aromatic rings. The van der Waals surface area contributed by atoms with Gasteiger partial charge in [0.2, 0.25) is 0 Å². The highest BCUT2D eigenvalue weighted by Gasteiger charge is 2.17. The minimum Gasteiger partial charge on any atom is -0.377 e. The van der Waals surface area contributed by atoms with Crippen molar-refractivity contribution in [1.82, 2.24) is 10.3 Å². The summed E-state index contributed by atoms with van der Waals surface area (Å²) in [4.78, 5) is 7.13. The lowest BCUT2D eigenvalue weighted by molar-refractivity contribution is 0.0820. The number of anilines is 1. The van der Waals surface area contributed by atoms with Crippen molar-refractivity contribution < 1.29 is 4.74 Å². The lowest BCUT2D eigenvalue weighted by Gasteiger charge is -2.24. The number of aryl methyl sites for hydroxylation is 1. The van der Waals surface area contributed by atoms with Crippen molar-refractivity contribution in [1.29, 1.82) is 0 Å². The first-order valence-corrected chi connectivity index (χ1v) is 7.24. The maximum absolute atomic E-state index is 5.71. The molecule has 19 heavy (non-hydrogen) atoms. The van der Waals surface area contributed by atoms with E-state index >= 15 is 0 Å². The molecule has 0 aliphatic carbocycles. The molecule has 106 valence electrons. The molecule has 0 aromatic carbocycles. The summed E-state index contributed by atoms with van der Waals surface area (Å²) in [6.45, 7) is 8.00. The predicted octanol–water partition coefficient (Wildman–Crippen LogP) is 1.98. The van der Waals surface area contributed by atoms with Crippen LogP contribution in [0.4, 0.5) is 5.82 Å². The zero-order chi connectivity index (χ0) is 13.7. The molecule has 1 aliphatic rings. The number of nitrogens with one attached hydrogen (secondary N) is 1. The van der Waals surface area contributed by atoms with Gasteiger partial charge in [0, 0.05) is 31.9 Å². The fourth-order valence-corrected chi connectivity index (χ4v) is 2.48. The van der Waals surface area contributed by atoms with E-state index in [9.17, 15) is 0 Å². The van der Waals surface area contributed by atoms with Crippen LogP contribution in [0.1, 0.15) is 31.5 Å². The van der Waals surface area contributed by atoms with Crippen LogP contribution >= 0.6 is 0 Å². The summed E-state index contributed by atoms with van der Waals surface area (Å²) in [5.74, 6) is 1.10. The highest BCUT2D eigenvalue weighted by molar-refractivity contribution is 5.43. The Bertz CT molecular complexity index is 408. The fourth-order valence-electron chi connectivity index (χ4n) is 2.48. The number of aromatic nitrogens is 1. The quantitative estimate of drug-likeness (QED) is 0.901.